The maximum absolute atomic E-state index is 11.3. The van der Waals surface area contributed by atoms with E-state index < -0.39 is 0 Å². The van der Waals surface area contributed by atoms with Crippen LogP contribution in [0.5, 0.6) is 0 Å². The van der Waals surface area contributed by atoms with Gasteiger partial charge in [-0.05, 0) is 30.5 Å². The Labute approximate surface area is 111 Å². The van der Waals surface area contributed by atoms with Gasteiger partial charge in [-0.15, -0.1) is 6.42 Å². The van der Waals surface area contributed by atoms with E-state index in [0.717, 1.165) is 18.4 Å². The first-order valence-corrected chi connectivity index (χ1v) is 6.03. The predicted molar refractivity (Wildman–Crippen MR) is 71.2 cm³/mol. The molecule has 0 aliphatic rings. The molecule has 17 heavy (non-hydrogen) atoms. The summed E-state index contributed by atoms with van der Waals surface area (Å²) in [4.78, 5) is 11.3. The lowest BCUT2D eigenvalue weighted by Crippen LogP contribution is -2.23. The quantitative estimate of drug-likeness (QED) is 0.818. The van der Waals surface area contributed by atoms with Crippen LogP contribution in [0.25, 0.3) is 0 Å². The number of hydrogen-bond donors (Lipinski definition) is 1. The molecule has 1 aromatic carbocycles. The Kier molecular flexibility index (Phi) is 5.90. The molecule has 0 bridgehead atoms. The summed E-state index contributed by atoms with van der Waals surface area (Å²) < 4.78 is 0. The van der Waals surface area contributed by atoms with Crippen molar-refractivity contribution >= 4 is 29.1 Å². The average Bonchev–Trinajstić information content (AvgIpc) is 2.31. The summed E-state index contributed by atoms with van der Waals surface area (Å²) in [6.45, 7) is 0.283. The highest BCUT2D eigenvalue weighted by Crippen LogP contribution is 2.23. The van der Waals surface area contributed by atoms with Gasteiger partial charge in [0.05, 0.1) is 16.6 Å². The summed E-state index contributed by atoms with van der Waals surface area (Å²) in [5.41, 5.74) is 1.07. The highest BCUT2D eigenvalue weighted by Gasteiger charge is 2.02. The van der Waals surface area contributed by atoms with Crippen LogP contribution < -0.4 is 5.32 Å². The molecule has 2 nitrogen and oxygen atoms in total. The van der Waals surface area contributed by atoms with E-state index in [1.165, 1.54) is 0 Å². The van der Waals surface area contributed by atoms with Crippen molar-refractivity contribution in [2.24, 2.45) is 0 Å². The number of terminal acetylenes is 1. The van der Waals surface area contributed by atoms with E-state index in [0.29, 0.717) is 16.5 Å². The molecule has 0 heterocycles. The third-order valence-corrected chi connectivity index (χ3v) is 2.98. The second kappa shape index (κ2) is 7.21. The molecule has 0 spiro atoms. The van der Waals surface area contributed by atoms with Gasteiger partial charge in [-0.1, -0.05) is 35.2 Å². The maximum Gasteiger partial charge on any atom is 0.220 e. The Morgan fingerprint density at radius 1 is 1.35 bits per heavy atom. The first-order chi connectivity index (χ1) is 8.13. The summed E-state index contributed by atoms with van der Waals surface area (Å²) in [5, 5.41) is 3.70. The van der Waals surface area contributed by atoms with Crippen molar-refractivity contribution in [3.63, 3.8) is 0 Å². The molecule has 0 aliphatic heterocycles. The van der Waals surface area contributed by atoms with Gasteiger partial charge in [0, 0.05) is 6.42 Å². The van der Waals surface area contributed by atoms with Crippen LogP contribution in [0, 0.1) is 12.3 Å². The lowest BCUT2D eigenvalue weighted by atomic mass is 10.1. The first-order valence-electron chi connectivity index (χ1n) is 5.27. The Balaban J connectivity index is 2.33. The van der Waals surface area contributed by atoms with Crippen molar-refractivity contribution in [3.8, 4) is 12.3 Å². The Hall–Kier alpha value is -1.17. The second-order valence-corrected chi connectivity index (χ2v) is 4.40. The molecule has 0 unspecified atom stereocenters. The van der Waals surface area contributed by atoms with Crippen LogP contribution in [0.1, 0.15) is 18.4 Å². The first kappa shape index (κ1) is 13.9. The smallest absolute Gasteiger partial charge is 0.220 e. The minimum Gasteiger partial charge on any atom is -0.345 e. The van der Waals surface area contributed by atoms with E-state index in [1.807, 2.05) is 12.1 Å². The van der Waals surface area contributed by atoms with Crippen LogP contribution in [-0.2, 0) is 11.2 Å². The molecule has 1 amide bonds. The van der Waals surface area contributed by atoms with Crippen molar-refractivity contribution in [1.29, 1.82) is 0 Å². The van der Waals surface area contributed by atoms with Gasteiger partial charge in [0.15, 0.2) is 0 Å². The van der Waals surface area contributed by atoms with Crippen LogP contribution in [0.3, 0.4) is 0 Å². The topological polar surface area (TPSA) is 29.1 Å². The Bertz CT molecular complexity index is 438. The van der Waals surface area contributed by atoms with Gasteiger partial charge >= 0.3 is 0 Å². The normalized spacial score (nSPS) is 9.71. The minimum atomic E-state index is -0.0250. The molecule has 0 aliphatic carbocycles. The number of carbonyl (C=O) groups is 1. The van der Waals surface area contributed by atoms with Crippen LogP contribution in [0.2, 0.25) is 10.0 Å². The van der Waals surface area contributed by atoms with Gasteiger partial charge in [0.25, 0.3) is 0 Å². The van der Waals surface area contributed by atoms with Crippen molar-refractivity contribution in [2.45, 2.75) is 19.3 Å². The molecule has 0 atom stereocenters. The van der Waals surface area contributed by atoms with Gasteiger partial charge in [0.1, 0.15) is 0 Å². The molecule has 4 heteroatoms. The van der Waals surface area contributed by atoms with Crippen LogP contribution >= 0.6 is 23.2 Å². The van der Waals surface area contributed by atoms with E-state index in [4.69, 9.17) is 29.6 Å². The molecule has 0 saturated carbocycles. The average molecular weight is 270 g/mol. The van der Waals surface area contributed by atoms with Crippen LogP contribution in [0.4, 0.5) is 0 Å². The number of hydrogen-bond acceptors (Lipinski definition) is 1. The van der Waals surface area contributed by atoms with E-state index >= 15 is 0 Å². The fourth-order valence-electron chi connectivity index (χ4n) is 1.39. The molecule has 0 aromatic heterocycles. The largest absolute Gasteiger partial charge is 0.345 e. The van der Waals surface area contributed by atoms with Crippen molar-refractivity contribution in [3.05, 3.63) is 33.8 Å². The van der Waals surface area contributed by atoms with E-state index in [1.54, 1.807) is 6.07 Å². The standard InChI is InChI=1S/C13H13Cl2NO/c1-2-8-16-13(17)5-3-4-10-6-7-11(14)12(15)9-10/h1,6-7,9H,3-5,8H2,(H,16,17). The zero-order valence-electron chi connectivity index (χ0n) is 9.30. The fraction of sp³-hybridized carbons (Fsp3) is 0.308. The predicted octanol–water partition coefficient (Wildman–Crippen LogP) is 3.07. The lowest BCUT2D eigenvalue weighted by Gasteiger charge is -2.03. The number of carbonyl (C=O) groups excluding carboxylic acids is 1. The van der Waals surface area contributed by atoms with Gasteiger partial charge in [-0.2, -0.15) is 0 Å². The molecule has 1 rings (SSSR count). The third-order valence-electron chi connectivity index (χ3n) is 2.24. The molecule has 1 aromatic rings. The molecule has 1 N–H and O–H groups in total. The number of amides is 1. The summed E-state index contributed by atoms with van der Waals surface area (Å²) in [5.74, 6) is 2.33. The molecular formula is C13H13Cl2NO. The van der Waals surface area contributed by atoms with Crippen molar-refractivity contribution in [2.75, 3.05) is 6.54 Å². The monoisotopic (exact) mass is 269 g/mol. The third kappa shape index (κ3) is 5.12. The highest BCUT2D eigenvalue weighted by molar-refractivity contribution is 6.42. The van der Waals surface area contributed by atoms with E-state index in [9.17, 15) is 4.79 Å². The van der Waals surface area contributed by atoms with Gasteiger partial charge < -0.3 is 5.32 Å². The zero-order chi connectivity index (χ0) is 12.7. The van der Waals surface area contributed by atoms with E-state index in [2.05, 4.69) is 11.2 Å². The number of aryl methyl sites for hydroxylation is 1. The number of halogens is 2. The molecular weight excluding hydrogens is 257 g/mol. The molecule has 0 radical (unpaired) electrons. The molecule has 0 fully saturated rings. The lowest BCUT2D eigenvalue weighted by molar-refractivity contribution is -0.120. The summed E-state index contributed by atoms with van der Waals surface area (Å²) in [6, 6.07) is 5.49. The number of benzene rings is 1. The molecule has 0 saturated heterocycles. The molecule has 90 valence electrons. The number of nitrogens with one attached hydrogen (secondary N) is 1. The number of rotatable bonds is 5. The SMILES string of the molecule is C#CCNC(=O)CCCc1ccc(Cl)c(Cl)c1. The van der Waals surface area contributed by atoms with Crippen LogP contribution in [0.15, 0.2) is 18.2 Å². The summed E-state index contributed by atoms with van der Waals surface area (Å²) in [6.07, 6.45) is 7.05. The van der Waals surface area contributed by atoms with Gasteiger partial charge in [-0.3, -0.25) is 4.79 Å². The Morgan fingerprint density at radius 3 is 2.76 bits per heavy atom. The van der Waals surface area contributed by atoms with Gasteiger partial charge in [0.2, 0.25) is 5.91 Å². The van der Waals surface area contributed by atoms with Crippen molar-refractivity contribution < 1.29 is 4.79 Å². The van der Waals surface area contributed by atoms with Gasteiger partial charge in [-0.25, -0.2) is 0 Å². The zero-order valence-corrected chi connectivity index (χ0v) is 10.8. The summed E-state index contributed by atoms with van der Waals surface area (Å²) >= 11 is 11.7. The highest BCUT2D eigenvalue weighted by atomic mass is 35.5. The minimum absolute atomic E-state index is 0.0250. The second-order valence-electron chi connectivity index (χ2n) is 3.58. The Morgan fingerprint density at radius 2 is 2.12 bits per heavy atom. The van der Waals surface area contributed by atoms with Crippen LogP contribution in [-0.4, -0.2) is 12.5 Å². The fourth-order valence-corrected chi connectivity index (χ4v) is 1.71. The summed E-state index contributed by atoms with van der Waals surface area (Å²) in [7, 11) is 0. The van der Waals surface area contributed by atoms with E-state index in [-0.39, 0.29) is 12.5 Å². The van der Waals surface area contributed by atoms with Crippen molar-refractivity contribution in [1.82, 2.24) is 5.32 Å². The maximum atomic E-state index is 11.3.